The molecule has 1 N–H and O–H groups in total. The standard InChI is InChI=1S/C24H20N4O4/c1-16-20(9-10-30-16)24(29)26-25-14-18-15-28(19-5-3-2-4-6-19)27-23(18)17-7-8-21-22(13-17)32-12-11-31-21/h2-10,13-15H,11-12H2,1H3,(H,26,29). The van der Waals surface area contributed by atoms with Gasteiger partial charge < -0.3 is 13.9 Å². The molecule has 1 amide bonds. The molecule has 0 unspecified atom stereocenters. The normalized spacial score (nSPS) is 12.8. The Morgan fingerprint density at radius 1 is 1.09 bits per heavy atom. The van der Waals surface area contributed by atoms with Crippen molar-refractivity contribution in [3.05, 3.63) is 83.9 Å². The average Bonchev–Trinajstić information content (AvgIpc) is 3.46. The fraction of sp³-hybridized carbons (Fsp3) is 0.125. The van der Waals surface area contributed by atoms with Crippen LogP contribution in [0.3, 0.4) is 0 Å². The molecule has 3 heterocycles. The molecule has 1 aliphatic heterocycles. The van der Waals surface area contributed by atoms with E-state index in [1.54, 1.807) is 23.9 Å². The number of nitrogens with one attached hydrogen (secondary N) is 1. The summed E-state index contributed by atoms with van der Waals surface area (Å²) in [5.74, 6) is 1.57. The molecule has 5 rings (SSSR count). The molecule has 0 bridgehead atoms. The van der Waals surface area contributed by atoms with Crippen molar-refractivity contribution < 1.29 is 18.7 Å². The summed E-state index contributed by atoms with van der Waals surface area (Å²) >= 11 is 0. The van der Waals surface area contributed by atoms with Gasteiger partial charge in [-0.15, -0.1) is 0 Å². The van der Waals surface area contributed by atoms with E-state index in [1.807, 2.05) is 54.7 Å². The molecule has 2 aromatic heterocycles. The summed E-state index contributed by atoms with van der Waals surface area (Å²) in [6, 6.07) is 17.1. The minimum atomic E-state index is -0.344. The van der Waals surface area contributed by atoms with Gasteiger partial charge in [-0.1, -0.05) is 18.2 Å². The molecule has 32 heavy (non-hydrogen) atoms. The second-order valence-corrected chi connectivity index (χ2v) is 7.16. The van der Waals surface area contributed by atoms with Crippen LogP contribution in [0.1, 0.15) is 21.7 Å². The van der Waals surface area contributed by atoms with Crippen molar-refractivity contribution in [3.8, 4) is 28.4 Å². The summed E-state index contributed by atoms with van der Waals surface area (Å²) in [5.41, 5.74) is 6.16. The van der Waals surface area contributed by atoms with E-state index >= 15 is 0 Å². The number of aryl methyl sites for hydroxylation is 1. The maximum absolute atomic E-state index is 12.3. The van der Waals surface area contributed by atoms with Crippen LogP contribution in [0.2, 0.25) is 0 Å². The number of rotatable bonds is 5. The summed E-state index contributed by atoms with van der Waals surface area (Å²) < 4.78 is 18.3. The first kappa shape index (κ1) is 19.6. The second kappa shape index (κ2) is 8.43. The fourth-order valence-electron chi connectivity index (χ4n) is 3.45. The van der Waals surface area contributed by atoms with E-state index in [4.69, 9.17) is 19.0 Å². The SMILES string of the molecule is Cc1occc1C(=O)NN=Cc1cn(-c2ccccc2)nc1-c1ccc2c(c1)OCCO2. The highest BCUT2D eigenvalue weighted by Gasteiger charge is 2.17. The predicted molar refractivity (Wildman–Crippen MR) is 118 cm³/mol. The molecule has 0 spiro atoms. The summed E-state index contributed by atoms with van der Waals surface area (Å²) in [5, 5.41) is 8.91. The average molecular weight is 428 g/mol. The molecule has 0 saturated heterocycles. The molecular weight excluding hydrogens is 408 g/mol. The molecule has 0 radical (unpaired) electrons. The van der Waals surface area contributed by atoms with E-state index < -0.39 is 0 Å². The minimum Gasteiger partial charge on any atom is -0.486 e. The van der Waals surface area contributed by atoms with Crippen LogP contribution >= 0.6 is 0 Å². The lowest BCUT2D eigenvalue weighted by Gasteiger charge is -2.18. The van der Waals surface area contributed by atoms with Crippen LogP contribution < -0.4 is 14.9 Å². The number of ether oxygens (including phenoxy) is 2. The van der Waals surface area contributed by atoms with Crippen molar-refractivity contribution in [1.29, 1.82) is 0 Å². The molecule has 2 aromatic carbocycles. The van der Waals surface area contributed by atoms with E-state index in [9.17, 15) is 4.79 Å². The lowest BCUT2D eigenvalue weighted by molar-refractivity contribution is 0.0953. The fourth-order valence-corrected chi connectivity index (χ4v) is 3.45. The van der Waals surface area contributed by atoms with Gasteiger partial charge in [0, 0.05) is 17.3 Å². The predicted octanol–water partition coefficient (Wildman–Crippen LogP) is 3.98. The number of hydrazone groups is 1. The third kappa shape index (κ3) is 3.85. The summed E-state index contributed by atoms with van der Waals surface area (Å²) in [4.78, 5) is 12.3. The Morgan fingerprint density at radius 2 is 1.91 bits per heavy atom. The Bertz CT molecular complexity index is 1290. The first-order chi connectivity index (χ1) is 15.7. The molecule has 8 nitrogen and oxygen atoms in total. The van der Waals surface area contributed by atoms with Crippen molar-refractivity contribution in [2.45, 2.75) is 6.92 Å². The number of para-hydroxylation sites is 1. The van der Waals surface area contributed by atoms with Crippen molar-refractivity contribution >= 4 is 12.1 Å². The number of amides is 1. The van der Waals surface area contributed by atoms with Gasteiger partial charge in [0.2, 0.25) is 0 Å². The first-order valence-corrected chi connectivity index (χ1v) is 10.1. The number of fused-ring (bicyclic) bond motifs is 1. The number of aromatic nitrogens is 2. The van der Waals surface area contributed by atoms with Crippen LogP contribution in [0.5, 0.6) is 11.5 Å². The Hall–Kier alpha value is -4.33. The molecule has 4 aromatic rings. The Morgan fingerprint density at radius 3 is 2.69 bits per heavy atom. The zero-order valence-corrected chi connectivity index (χ0v) is 17.3. The van der Waals surface area contributed by atoms with E-state index in [-0.39, 0.29) is 5.91 Å². The molecule has 0 aliphatic carbocycles. The minimum absolute atomic E-state index is 0.344. The number of hydrogen-bond acceptors (Lipinski definition) is 6. The molecule has 160 valence electrons. The Balaban J connectivity index is 1.48. The van der Waals surface area contributed by atoms with E-state index in [0.29, 0.717) is 41.7 Å². The lowest BCUT2D eigenvalue weighted by Crippen LogP contribution is -2.17. The number of carbonyl (C=O) groups excluding carboxylic acids is 1. The van der Waals surface area contributed by atoms with Crippen LogP contribution in [-0.4, -0.2) is 35.1 Å². The van der Waals surface area contributed by atoms with Crippen LogP contribution in [0.25, 0.3) is 16.9 Å². The van der Waals surface area contributed by atoms with Crippen LogP contribution in [0.4, 0.5) is 0 Å². The second-order valence-electron chi connectivity index (χ2n) is 7.16. The summed E-state index contributed by atoms with van der Waals surface area (Å²) in [7, 11) is 0. The number of benzene rings is 2. The quantitative estimate of drug-likeness (QED) is 0.384. The molecule has 0 saturated carbocycles. The van der Waals surface area contributed by atoms with Gasteiger partial charge in [0.1, 0.15) is 24.7 Å². The van der Waals surface area contributed by atoms with E-state index in [2.05, 4.69) is 10.5 Å². The smallest absolute Gasteiger partial charge is 0.274 e. The highest BCUT2D eigenvalue weighted by atomic mass is 16.6. The first-order valence-electron chi connectivity index (χ1n) is 10.1. The largest absolute Gasteiger partial charge is 0.486 e. The number of hydrogen-bond donors (Lipinski definition) is 1. The van der Waals surface area contributed by atoms with Crippen molar-refractivity contribution in [3.63, 3.8) is 0 Å². The van der Waals surface area contributed by atoms with Gasteiger partial charge in [-0.3, -0.25) is 4.79 Å². The number of nitrogens with zero attached hydrogens (tertiary/aromatic N) is 3. The zero-order valence-electron chi connectivity index (χ0n) is 17.3. The molecule has 0 fully saturated rings. The van der Waals surface area contributed by atoms with Crippen LogP contribution in [0, 0.1) is 6.92 Å². The maximum Gasteiger partial charge on any atom is 0.274 e. The Labute approximate surface area is 184 Å². The molecule has 8 heteroatoms. The Kier molecular flexibility index (Phi) is 5.17. The number of furan rings is 1. The van der Waals surface area contributed by atoms with Crippen LogP contribution in [-0.2, 0) is 0 Å². The van der Waals surface area contributed by atoms with Gasteiger partial charge >= 0.3 is 0 Å². The third-order valence-electron chi connectivity index (χ3n) is 5.05. The van der Waals surface area contributed by atoms with Crippen molar-refractivity contribution in [2.75, 3.05) is 13.2 Å². The molecule has 0 atom stereocenters. The topological polar surface area (TPSA) is 90.9 Å². The highest BCUT2D eigenvalue weighted by Crippen LogP contribution is 2.35. The highest BCUT2D eigenvalue weighted by molar-refractivity contribution is 5.96. The van der Waals surface area contributed by atoms with Crippen molar-refractivity contribution in [1.82, 2.24) is 15.2 Å². The van der Waals surface area contributed by atoms with Gasteiger partial charge in [0.05, 0.1) is 23.7 Å². The van der Waals surface area contributed by atoms with Crippen molar-refractivity contribution in [2.24, 2.45) is 5.10 Å². The van der Waals surface area contributed by atoms with Gasteiger partial charge in [-0.05, 0) is 43.3 Å². The van der Waals surface area contributed by atoms with Crippen LogP contribution in [0.15, 0.2) is 76.6 Å². The van der Waals surface area contributed by atoms with E-state index in [1.165, 1.54) is 6.26 Å². The summed E-state index contributed by atoms with van der Waals surface area (Å²) in [6.45, 7) is 2.76. The van der Waals surface area contributed by atoms with E-state index in [0.717, 1.165) is 16.8 Å². The van der Waals surface area contributed by atoms with Gasteiger partial charge in [0.15, 0.2) is 11.5 Å². The lowest BCUT2D eigenvalue weighted by atomic mass is 10.1. The molecule has 1 aliphatic rings. The van der Waals surface area contributed by atoms with Gasteiger partial charge in [-0.25, -0.2) is 10.1 Å². The van der Waals surface area contributed by atoms with Gasteiger partial charge in [0.25, 0.3) is 5.91 Å². The maximum atomic E-state index is 12.3. The monoisotopic (exact) mass is 428 g/mol. The van der Waals surface area contributed by atoms with Gasteiger partial charge in [-0.2, -0.15) is 10.2 Å². The number of carbonyl (C=O) groups is 1. The third-order valence-corrected chi connectivity index (χ3v) is 5.05. The zero-order chi connectivity index (χ0) is 21.9. The molecular formula is C24H20N4O4. The summed E-state index contributed by atoms with van der Waals surface area (Å²) in [6.07, 6.45) is 4.91.